The van der Waals surface area contributed by atoms with E-state index in [2.05, 4.69) is 22.4 Å². The van der Waals surface area contributed by atoms with Crippen LogP contribution < -0.4 is 5.32 Å². The molecule has 0 amide bonds. The highest BCUT2D eigenvalue weighted by atomic mass is 32.1. The fraction of sp³-hybridized carbons (Fsp3) is 0.227. The first-order chi connectivity index (χ1) is 14.5. The Kier molecular flexibility index (Phi) is 5.59. The molecule has 1 unspecified atom stereocenters. The minimum atomic E-state index is -0.368. The number of hydrogen-bond acceptors (Lipinski definition) is 4. The van der Waals surface area contributed by atoms with E-state index < -0.39 is 0 Å². The van der Waals surface area contributed by atoms with Crippen molar-refractivity contribution in [1.29, 1.82) is 0 Å². The summed E-state index contributed by atoms with van der Waals surface area (Å²) in [6.45, 7) is 4.76. The van der Waals surface area contributed by atoms with Crippen LogP contribution in [0, 0.1) is 11.6 Å². The van der Waals surface area contributed by atoms with Gasteiger partial charge < -0.3 is 14.7 Å². The van der Waals surface area contributed by atoms with Crippen LogP contribution in [-0.2, 0) is 0 Å². The predicted molar refractivity (Wildman–Crippen MR) is 114 cm³/mol. The van der Waals surface area contributed by atoms with Gasteiger partial charge in [0.05, 0.1) is 11.6 Å². The molecule has 1 N–H and O–H groups in total. The number of nitrogens with one attached hydrogen (secondary N) is 1. The molecule has 0 spiro atoms. The number of halogens is 2. The summed E-state index contributed by atoms with van der Waals surface area (Å²) < 4.78 is 32.3. The van der Waals surface area contributed by atoms with Crippen molar-refractivity contribution >= 4 is 22.9 Å². The maximum atomic E-state index is 13.5. The largest absolute Gasteiger partial charge is 0.351 e. The van der Waals surface area contributed by atoms with Crippen LogP contribution in [0.4, 0.5) is 8.78 Å². The van der Waals surface area contributed by atoms with Crippen LogP contribution in [0.5, 0.6) is 0 Å². The summed E-state index contributed by atoms with van der Waals surface area (Å²) in [7, 11) is 0. The topological polar surface area (TPSA) is 54.2 Å². The van der Waals surface area contributed by atoms with Crippen LogP contribution in [0.15, 0.2) is 58.8 Å². The van der Waals surface area contributed by atoms with Crippen LogP contribution in [0.25, 0.3) is 17.0 Å². The molecule has 0 radical (unpaired) electrons. The van der Waals surface area contributed by atoms with E-state index in [0.717, 1.165) is 29.8 Å². The van der Waals surface area contributed by atoms with Crippen LogP contribution >= 0.6 is 12.2 Å². The molecule has 154 valence electrons. The predicted octanol–water partition coefficient (Wildman–Crippen LogP) is 5.09. The second-order valence-electron chi connectivity index (χ2n) is 7.01. The summed E-state index contributed by atoms with van der Waals surface area (Å²) in [5, 5.41) is 7.99. The van der Waals surface area contributed by atoms with E-state index in [0.29, 0.717) is 22.4 Å². The third kappa shape index (κ3) is 3.82. The molecular weight excluding hydrogens is 406 g/mol. The van der Waals surface area contributed by atoms with Crippen LogP contribution in [0.3, 0.4) is 0 Å². The van der Waals surface area contributed by atoms with E-state index >= 15 is 0 Å². The first kappa shape index (κ1) is 20.2. The van der Waals surface area contributed by atoms with Crippen molar-refractivity contribution in [1.82, 2.24) is 20.4 Å². The first-order valence-electron chi connectivity index (χ1n) is 9.62. The Hall–Kier alpha value is -3.13. The van der Waals surface area contributed by atoms with Gasteiger partial charge in [-0.3, -0.25) is 0 Å². The molecule has 8 heteroatoms. The maximum Gasteiger partial charge on any atom is 0.258 e. The van der Waals surface area contributed by atoms with Gasteiger partial charge in [-0.25, -0.2) is 8.78 Å². The Balaban J connectivity index is 1.80. The fourth-order valence-corrected chi connectivity index (χ4v) is 3.85. The van der Waals surface area contributed by atoms with Crippen molar-refractivity contribution in [3.63, 3.8) is 0 Å². The second-order valence-corrected chi connectivity index (χ2v) is 7.40. The number of benzene rings is 2. The second kappa shape index (κ2) is 8.31. The number of nitrogens with zero attached hydrogens (tertiary/aromatic N) is 3. The van der Waals surface area contributed by atoms with Crippen LogP contribution in [0.1, 0.15) is 37.8 Å². The Morgan fingerprint density at radius 1 is 1.07 bits per heavy atom. The van der Waals surface area contributed by atoms with Crippen molar-refractivity contribution in [2.24, 2.45) is 0 Å². The van der Waals surface area contributed by atoms with E-state index in [1.54, 1.807) is 24.3 Å². The molecule has 1 aliphatic rings. The lowest BCUT2D eigenvalue weighted by molar-refractivity contribution is 0.396. The van der Waals surface area contributed by atoms with Gasteiger partial charge in [-0.1, -0.05) is 24.2 Å². The van der Waals surface area contributed by atoms with Gasteiger partial charge in [0.1, 0.15) is 11.6 Å². The minimum Gasteiger partial charge on any atom is -0.351 e. The van der Waals surface area contributed by atoms with Crippen molar-refractivity contribution in [2.75, 3.05) is 6.54 Å². The van der Waals surface area contributed by atoms with Gasteiger partial charge in [0.2, 0.25) is 5.82 Å². The lowest BCUT2D eigenvalue weighted by atomic mass is 9.94. The van der Waals surface area contributed by atoms with Gasteiger partial charge in [0, 0.05) is 17.8 Å². The molecule has 0 saturated heterocycles. The summed E-state index contributed by atoms with van der Waals surface area (Å²) >= 11 is 5.57. The fourth-order valence-electron chi connectivity index (χ4n) is 3.51. The third-order valence-corrected chi connectivity index (χ3v) is 5.34. The third-order valence-electron chi connectivity index (χ3n) is 5.01. The molecule has 30 heavy (non-hydrogen) atoms. The molecule has 3 aromatic rings. The zero-order valence-electron chi connectivity index (χ0n) is 16.5. The normalized spacial score (nSPS) is 16.7. The van der Waals surface area contributed by atoms with E-state index in [-0.39, 0.29) is 17.7 Å². The highest BCUT2D eigenvalue weighted by Crippen LogP contribution is 2.37. The number of allylic oxidation sites excluding steroid dienone is 1. The molecular formula is C22H20F2N4OS. The van der Waals surface area contributed by atoms with Gasteiger partial charge in [0.15, 0.2) is 5.11 Å². The summed E-state index contributed by atoms with van der Waals surface area (Å²) in [5.41, 5.74) is 3.13. The Bertz CT molecular complexity index is 1090. The number of rotatable bonds is 5. The minimum absolute atomic E-state index is 0.316. The number of hydrogen-bond donors (Lipinski definition) is 1. The average Bonchev–Trinajstić information content (AvgIpc) is 3.21. The molecule has 2 aromatic carbocycles. The quantitative estimate of drug-likeness (QED) is 0.574. The molecule has 1 atom stereocenters. The zero-order chi connectivity index (χ0) is 21.3. The zero-order valence-corrected chi connectivity index (χ0v) is 17.3. The molecule has 2 heterocycles. The Morgan fingerprint density at radius 2 is 1.70 bits per heavy atom. The molecule has 0 aliphatic carbocycles. The van der Waals surface area contributed by atoms with E-state index in [1.807, 2.05) is 11.8 Å². The van der Waals surface area contributed by atoms with Gasteiger partial charge >= 0.3 is 0 Å². The monoisotopic (exact) mass is 426 g/mol. The summed E-state index contributed by atoms with van der Waals surface area (Å²) in [6, 6.07) is 11.7. The molecule has 4 rings (SSSR count). The maximum absolute atomic E-state index is 13.5. The van der Waals surface area contributed by atoms with Crippen LogP contribution in [0.2, 0.25) is 0 Å². The molecule has 5 nitrogen and oxygen atoms in total. The van der Waals surface area contributed by atoms with Gasteiger partial charge in [-0.15, -0.1) is 0 Å². The Labute approximate surface area is 178 Å². The molecule has 1 aromatic heterocycles. The van der Waals surface area contributed by atoms with Crippen LogP contribution in [-0.4, -0.2) is 26.7 Å². The van der Waals surface area contributed by atoms with Crippen molar-refractivity contribution in [3.8, 4) is 11.4 Å². The van der Waals surface area contributed by atoms with Crippen molar-refractivity contribution < 1.29 is 13.3 Å². The summed E-state index contributed by atoms with van der Waals surface area (Å²) in [6.07, 6.45) is 0.901. The number of thiocarbonyl (C=S) groups is 1. The highest BCUT2D eigenvalue weighted by Gasteiger charge is 2.33. The average molecular weight is 426 g/mol. The highest BCUT2D eigenvalue weighted by molar-refractivity contribution is 7.80. The number of aromatic nitrogens is 2. The van der Waals surface area contributed by atoms with Crippen molar-refractivity contribution in [3.05, 3.63) is 77.3 Å². The molecule has 0 bridgehead atoms. The van der Waals surface area contributed by atoms with Gasteiger partial charge in [-0.2, -0.15) is 4.98 Å². The van der Waals surface area contributed by atoms with E-state index in [9.17, 15) is 8.78 Å². The van der Waals surface area contributed by atoms with Crippen molar-refractivity contribution in [2.45, 2.75) is 26.3 Å². The van der Waals surface area contributed by atoms with Gasteiger partial charge in [0.25, 0.3) is 5.89 Å². The lowest BCUT2D eigenvalue weighted by Crippen LogP contribution is -2.46. The van der Waals surface area contributed by atoms with Gasteiger partial charge in [-0.05, 0) is 67.5 Å². The smallest absolute Gasteiger partial charge is 0.258 e. The van der Waals surface area contributed by atoms with E-state index in [4.69, 9.17) is 16.7 Å². The lowest BCUT2D eigenvalue weighted by Gasteiger charge is -2.37. The summed E-state index contributed by atoms with van der Waals surface area (Å²) in [5.74, 6) is 0.0385. The Morgan fingerprint density at radius 3 is 2.33 bits per heavy atom. The molecule has 0 fully saturated rings. The first-order valence-corrected chi connectivity index (χ1v) is 10.0. The van der Waals surface area contributed by atoms with E-state index in [1.165, 1.54) is 24.3 Å². The summed E-state index contributed by atoms with van der Waals surface area (Å²) in [4.78, 5) is 6.55. The molecule has 0 saturated carbocycles. The SMILES string of the molecule is CCCN1C(=S)NC(c2ccc(F)cc2)C(c2nc(-c3ccc(F)cc3)no2)=C1C. The standard InChI is InChI=1S/C22H20F2N4OS/c1-3-12-28-13(2)18(19(25-22(28)30)14-4-8-16(23)9-5-14)21-26-20(27-29-21)15-6-10-17(24)11-7-15/h4-11,19H,3,12H2,1-2H3,(H,25,30). The molecule has 1 aliphatic heterocycles.